The molecule has 0 amide bonds. The van der Waals surface area contributed by atoms with Crippen LogP contribution in [-0.2, 0) is 7.05 Å². The molecule has 0 N–H and O–H groups in total. The van der Waals surface area contributed by atoms with Crippen LogP contribution in [0.2, 0.25) is 0 Å². The molecule has 4 aromatic rings. The molecule has 0 saturated carbocycles. The van der Waals surface area contributed by atoms with Crippen LogP contribution in [0.1, 0.15) is 16.7 Å². The number of benzene rings is 2. The second-order valence-electron chi connectivity index (χ2n) is 6.43. The van der Waals surface area contributed by atoms with Gasteiger partial charge in [0, 0.05) is 16.8 Å². The Morgan fingerprint density at radius 2 is 1.52 bits per heavy atom. The Balaban J connectivity index is 2.24. The third-order valence-electron chi connectivity index (χ3n) is 4.84. The molecule has 2 aromatic heterocycles. The van der Waals surface area contributed by atoms with Crippen molar-refractivity contribution in [1.82, 2.24) is 4.57 Å². The number of aromatic nitrogens is 2. The second kappa shape index (κ2) is 4.95. The first-order chi connectivity index (χ1) is 11.1. The zero-order chi connectivity index (χ0) is 16.1. The monoisotopic (exact) mass is 301 g/mol. The average Bonchev–Trinajstić information content (AvgIpc) is 2.87. The Hall–Kier alpha value is -2.61. The molecule has 0 unspecified atom stereocenters. The normalized spacial score (nSPS) is 11.5. The van der Waals surface area contributed by atoms with E-state index in [1.165, 1.54) is 44.3 Å². The minimum Gasteiger partial charge on any atom is -0.236 e. The number of para-hydroxylation sites is 2. The number of nitrogens with zero attached hydrogens (tertiary/aromatic N) is 2. The Morgan fingerprint density at radius 3 is 2.35 bits per heavy atom. The number of hydrogen-bond acceptors (Lipinski definition) is 0. The summed E-state index contributed by atoms with van der Waals surface area (Å²) in [5, 5.41) is 2.63. The van der Waals surface area contributed by atoms with Crippen molar-refractivity contribution >= 4 is 21.8 Å². The Kier molecular flexibility index (Phi) is 3.02. The SMILES string of the molecule is Cc1cc(-n2c3ccccc3c3cccc(C)c32)[n+](C)cc1C. The van der Waals surface area contributed by atoms with Gasteiger partial charge in [-0.1, -0.05) is 24.3 Å². The van der Waals surface area contributed by atoms with Crippen molar-refractivity contribution in [3.8, 4) is 5.82 Å². The lowest BCUT2D eigenvalue weighted by Crippen LogP contribution is -2.34. The third-order valence-corrected chi connectivity index (χ3v) is 4.84. The zero-order valence-electron chi connectivity index (χ0n) is 14.1. The lowest BCUT2D eigenvalue weighted by molar-refractivity contribution is -0.665. The zero-order valence-corrected chi connectivity index (χ0v) is 14.1. The number of hydrogen-bond donors (Lipinski definition) is 0. The molecule has 2 heteroatoms. The summed E-state index contributed by atoms with van der Waals surface area (Å²) in [6.45, 7) is 6.54. The van der Waals surface area contributed by atoms with Crippen LogP contribution in [0.25, 0.3) is 27.6 Å². The van der Waals surface area contributed by atoms with Crippen molar-refractivity contribution in [3.05, 3.63) is 71.4 Å². The summed E-state index contributed by atoms with van der Waals surface area (Å²) in [4.78, 5) is 0. The fourth-order valence-electron chi connectivity index (χ4n) is 3.52. The van der Waals surface area contributed by atoms with E-state index in [4.69, 9.17) is 0 Å². The van der Waals surface area contributed by atoms with Crippen LogP contribution in [-0.4, -0.2) is 4.57 Å². The van der Waals surface area contributed by atoms with Gasteiger partial charge in [0.25, 0.3) is 5.82 Å². The molecule has 0 aliphatic rings. The first-order valence-electron chi connectivity index (χ1n) is 8.04. The van der Waals surface area contributed by atoms with Gasteiger partial charge in [-0.05, 0) is 55.7 Å². The fourth-order valence-corrected chi connectivity index (χ4v) is 3.52. The molecule has 2 aromatic carbocycles. The summed E-state index contributed by atoms with van der Waals surface area (Å²) in [6, 6.07) is 17.5. The van der Waals surface area contributed by atoms with Gasteiger partial charge in [-0.2, -0.15) is 4.57 Å². The smallest absolute Gasteiger partial charge is 0.236 e. The summed E-state index contributed by atoms with van der Waals surface area (Å²) < 4.78 is 4.62. The van der Waals surface area contributed by atoms with E-state index >= 15 is 0 Å². The average molecular weight is 301 g/mol. The summed E-state index contributed by atoms with van der Waals surface area (Å²) >= 11 is 0. The number of rotatable bonds is 1. The maximum Gasteiger partial charge on any atom is 0.286 e. The van der Waals surface area contributed by atoms with Crippen LogP contribution in [0.3, 0.4) is 0 Å². The van der Waals surface area contributed by atoms with Gasteiger partial charge < -0.3 is 0 Å². The summed E-state index contributed by atoms with van der Waals surface area (Å²) in [6.07, 6.45) is 2.21. The molecule has 0 saturated heterocycles. The molecule has 0 aliphatic heterocycles. The van der Waals surface area contributed by atoms with Crippen molar-refractivity contribution in [2.24, 2.45) is 7.05 Å². The van der Waals surface area contributed by atoms with Gasteiger partial charge in [0.2, 0.25) is 0 Å². The lowest BCUT2D eigenvalue weighted by Gasteiger charge is -2.08. The van der Waals surface area contributed by atoms with E-state index in [1.807, 2.05) is 0 Å². The van der Waals surface area contributed by atoms with Crippen molar-refractivity contribution < 1.29 is 4.57 Å². The maximum atomic E-state index is 2.40. The highest BCUT2D eigenvalue weighted by molar-refractivity contribution is 6.09. The standard InChI is InChI=1S/C21H21N2/c1-14-8-7-10-18-17-9-5-6-11-19(17)23(21(14)18)20-12-15(2)16(3)13-22(20)4/h5-13H,1-4H3/q+1. The van der Waals surface area contributed by atoms with Gasteiger partial charge >= 0.3 is 0 Å². The van der Waals surface area contributed by atoms with Crippen LogP contribution in [0.4, 0.5) is 0 Å². The molecule has 114 valence electrons. The molecule has 23 heavy (non-hydrogen) atoms. The van der Waals surface area contributed by atoms with Crippen LogP contribution in [0, 0.1) is 20.8 Å². The van der Waals surface area contributed by atoms with E-state index in [1.54, 1.807) is 0 Å². The highest BCUT2D eigenvalue weighted by Gasteiger charge is 2.22. The van der Waals surface area contributed by atoms with Gasteiger partial charge in [0.1, 0.15) is 11.0 Å². The minimum absolute atomic E-state index is 1.20. The van der Waals surface area contributed by atoms with E-state index < -0.39 is 0 Å². The molecule has 0 fully saturated rings. The topological polar surface area (TPSA) is 8.81 Å². The molecule has 0 aliphatic carbocycles. The van der Waals surface area contributed by atoms with Gasteiger partial charge in [0.15, 0.2) is 0 Å². The quantitative estimate of drug-likeness (QED) is 0.457. The first kappa shape index (κ1) is 14.0. The van der Waals surface area contributed by atoms with E-state index in [-0.39, 0.29) is 0 Å². The van der Waals surface area contributed by atoms with Crippen molar-refractivity contribution in [3.63, 3.8) is 0 Å². The van der Waals surface area contributed by atoms with Gasteiger partial charge in [-0.3, -0.25) is 0 Å². The highest BCUT2D eigenvalue weighted by Crippen LogP contribution is 2.32. The van der Waals surface area contributed by atoms with Gasteiger partial charge in [0.05, 0.1) is 13.2 Å². The molecule has 2 nitrogen and oxygen atoms in total. The highest BCUT2D eigenvalue weighted by atomic mass is 15.1. The third kappa shape index (κ3) is 1.98. The van der Waals surface area contributed by atoms with Crippen LogP contribution in [0.15, 0.2) is 54.7 Å². The first-order valence-corrected chi connectivity index (χ1v) is 8.04. The molecule has 4 rings (SSSR count). The van der Waals surface area contributed by atoms with Crippen molar-refractivity contribution in [2.45, 2.75) is 20.8 Å². The second-order valence-corrected chi connectivity index (χ2v) is 6.43. The molecule has 0 spiro atoms. The molecular formula is C21H21N2+. The fraction of sp³-hybridized carbons (Fsp3) is 0.190. The van der Waals surface area contributed by atoms with Crippen LogP contribution >= 0.6 is 0 Å². The Morgan fingerprint density at radius 1 is 0.783 bits per heavy atom. The van der Waals surface area contributed by atoms with Crippen molar-refractivity contribution in [1.29, 1.82) is 0 Å². The predicted molar refractivity (Wildman–Crippen MR) is 96.2 cm³/mol. The Labute approximate surface area is 136 Å². The number of aryl methyl sites for hydroxylation is 4. The molecule has 0 atom stereocenters. The summed E-state index contributed by atoms with van der Waals surface area (Å²) in [7, 11) is 2.13. The molecule has 2 heterocycles. The predicted octanol–water partition coefficient (Wildman–Crippen LogP) is 4.53. The summed E-state index contributed by atoms with van der Waals surface area (Å²) in [5.74, 6) is 1.20. The lowest BCUT2D eigenvalue weighted by atomic mass is 10.1. The van der Waals surface area contributed by atoms with E-state index in [0.29, 0.717) is 0 Å². The van der Waals surface area contributed by atoms with E-state index in [2.05, 4.69) is 91.7 Å². The van der Waals surface area contributed by atoms with Crippen LogP contribution < -0.4 is 4.57 Å². The number of pyridine rings is 1. The Bertz CT molecular complexity index is 1050. The molecule has 0 radical (unpaired) electrons. The van der Waals surface area contributed by atoms with Crippen LogP contribution in [0.5, 0.6) is 0 Å². The van der Waals surface area contributed by atoms with Gasteiger partial charge in [-0.15, -0.1) is 0 Å². The largest absolute Gasteiger partial charge is 0.286 e. The minimum atomic E-state index is 1.20. The molecular weight excluding hydrogens is 280 g/mol. The number of fused-ring (bicyclic) bond motifs is 3. The molecule has 0 bridgehead atoms. The summed E-state index contributed by atoms with van der Waals surface area (Å²) in [5.41, 5.74) is 6.49. The van der Waals surface area contributed by atoms with E-state index in [9.17, 15) is 0 Å². The van der Waals surface area contributed by atoms with Gasteiger partial charge in [-0.25, -0.2) is 4.57 Å². The maximum absolute atomic E-state index is 2.40. The van der Waals surface area contributed by atoms with Crippen molar-refractivity contribution in [2.75, 3.05) is 0 Å². The van der Waals surface area contributed by atoms with E-state index in [0.717, 1.165) is 0 Å².